The summed E-state index contributed by atoms with van der Waals surface area (Å²) in [6.07, 6.45) is 4.40. The number of hydrogen-bond donors (Lipinski definition) is 2. The summed E-state index contributed by atoms with van der Waals surface area (Å²) in [5.41, 5.74) is 11.9. The summed E-state index contributed by atoms with van der Waals surface area (Å²) < 4.78 is 8.21. The number of nitrogens with two attached hydrogens (primary N) is 1. The molecule has 0 amide bonds. The molecule has 6 heteroatoms. The summed E-state index contributed by atoms with van der Waals surface area (Å²) in [5, 5.41) is 15.0. The molecule has 4 aromatic rings. The van der Waals surface area contributed by atoms with Crippen molar-refractivity contribution in [1.29, 1.82) is 0 Å². The summed E-state index contributed by atoms with van der Waals surface area (Å²) in [5.74, 6) is 0.427. The Balaban J connectivity index is 1.52. The Bertz CT molecular complexity index is 1310. The Morgan fingerprint density at radius 3 is 2.73 bits per heavy atom. The lowest BCUT2D eigenvalue weighted by molar-refractivity contribution is -0.136. The van der Waals surface area contributed by atoms with Crippen molar-refractivity contribution in [2.45, 2.75) is 39.0 Å². The fourth-order valence-electron chi connectivity index (χ4n) is 4.23. The summed E-state index contributed by atoms with van der Waals surface area (Å²) in [7, 11) is 0. The number of fused-ring (bicyclic) bond motifs is 1. The second-order valence-corrected chi connectivity index (χ2v) is 8.72. The van der Waals surface area contributed by atoms with Crippen molar-refractivity contribution in [1.82, 2.24) is 9.78 Å². The topological polar surface area (TPSA) is 90.4 Å². The van der Waals surface area contributed by atoms with Gasteiger partial charge < -0.3 is 15.6 Å². The molecule has 1 aromatic heterocycles. The lowest BCUT2D eigenvalue weighted by Crippen LogP contribution is -2.05. The number of ether oxygens (including phenoxy) is 1. The molecule has 0 saturated heterocycles. The van der Waals surface area contributed by atoms with Crippen LogP contribution in [0.25, 0.3) is 22.0 Å². The Morgan fingerprint density at radius 1 is 1.09 bits per heavy atom. The van der Waals surface area contributed by atoms with E-state index < -0.39 is 5.97 Å². The first-order valence-electron chi connectivity index (χ1n) is 11.3. The molecule has 0 radical (unpaired) electrons. The highest BCUT2D eigenvalue weighted by Gasteiger charge is 2.23. The van der Waals surface area contributed by atoms with Crippen LogP contribution in [0.3, 0.4) is 0 Å². The first-order valence-corrected chi connectivity index (χ1v) is 11.3. The third kappa shape index (κ3) is 4.76. The van der Waals surface area contributed by atoms with Crippen LogP contribution in [0, 0.1) is 5.92 Å². The maximum absolute atomic E-state index is 11.2. The fourth-order valence-corrected chi connectivity index (χ4v) is 4.23. The minimum absolute atomic E-state index is 0.0690. The van der Waals surface area contributed by atoms with E-state index in [9.17, 15) is 9.90 Å². The molecule has 5 rings (SSSR count). The average Bonchev–Trinajstić information content (AvgIpc) is 3.56. The maximum Gasteiger partial charge on any atom is 0.307 e. The molecule has 6 nitrogen and oxygen atoms in total. The third-order valence-corrected chi connectivity index (χ3v) is 6.13. The molecule has 0 aliphatic heterocycles. The molecule has 1 saturated carbocycles. The first-order chi connectivity index (χ1) is 16.1. The van der Waals surface area contributed by atoms with Crippen molar-refractivity contribution < 1.29 is 14.6 Å². The van der Waals surface area contributed by atoms with Gasteiger partial charge in [0.05, 0.1) is 18.1 Å². The van der Waals surface area contributed by atoms with Crippen molar-refractivity contribution in [3.8, 4) is 16.9 Å². The van der Waals surface area contributed by atoms with E-state index in [0.29, 0.717) is 30.4 Å². The Morgan fingerprint density at radius 2 is 1.94 bits per heavy atom. The number of aromatic nitrogens is 2. The summed E-state index contributed by atoms with van der Waals surface area (Å²) >= 11 is 0. The van der Waals surface area contributed by atoms with Gasteiger partial charge in [-0.1, -0.05) is 36.4 Å². The molecule has 0 unspecified atom stereocenters. The summed E-state index contributed by atoms with van der Waals surface area (Å²) in [6.45, 7) is 1.75. The van der Waals surface area contributed by atoms with Crippen LogP contribution in [0.15, 0.2) is 66.9 Å². The van der Waals surface area contributed by atoms with Crippen molar-refractivity contribution in [3.63, 3.8) is 0 Å². The molecular weight excluding hydrogens is 414 g/mol. The maximum atomic E-state index is 11.2. The number of nitrogens with zero attached hydrogens (tertiary/aromatic N) is 2. The Kier molecular flexibility index (Phi) is 5.84. The van der Waals surface area contributed by atoms with Gasteiger partial charge in [-0.05, 0) is 65.3 Å². The van der Waals surface area contributed by atoms with Gasteiger partial charge in [-0.2, -0.15) is 5.10 Å². The molecule has 1 aliphatic rings. The van der Waals surface area contributed by atoms with E-state index in [-0.39, 0.29) is 6.42 Å². The van der Waals surface area contributed by atoms with E-state index in [0.717, 1.165) is 39.7 Å². The number of para-hydroxylation sites is 1. The molecule has 1 heterocycles. The highest BCUT2D eigenvalue weighted by Crippen LogP contribution is 2.35. The molecule has 0 spiro atoms. The van der Waals surface area contributed by atoms with E-state index >= 15 is 0 Å². The van der Waals surface area contributed by atoms with Crippen molar-refractivity contribution in [2.75, 3.05) is 0 Å². The van der Waals surface area contributed by atoms with Gasteiger partial charge >= 0.3 is 5.97 Å². The molecule has 1 fully saturated rings. The average molecular weight is 442 g/mol. The number of carboxylic acids is 1. The molecule has 1 aliphatic carbocycles. The van der Waals surface area contributed by atoms with E-state index in [1.165, 1.54) is 12.8 Å². The molecule has 3 N–H and O–H groups in total. The highest BCUT2D eigenvalue weighted by atomic mass is 16.5. The summed E-state index contributed by atoms with van der Waals surface area (Å²) in [6, 6.07) is 19.9. The fraction of sp³-hybridized carbons (Fsp3) is 0.259. The molecule has 3 aromatic carbocycles. The zero-order chi connectivity index (χ0) is 22.8. The van der Waals surface area contributed by atoms with E-state index in [4.69, 9.17) is 15.6 Å². The monoisotopic (exact) mass is 441 g/mol. The van der Waals surface area contributed by atoms with Crippen LogP contribution in [-0.4, -0.2) is 20.9 Å². The predicted molar refractivity (Wildman–Crippen MR) is 128 cm³/mol. The highest BCUT2D eigenvalue weighted by molar-refractivity contribution is 5.95. The zero-order valence-corrected chi connectivity index (χ0v) is 18.4. The number of carboxylic acid groups (broad SMARTS) is 1. The van der Waals surface area contributed by atoms with Crippen molar-refractivity contribution in [3.05, 3.63) is 83.6 Å². The van der Waals surface area contributed by atoms with Crippen LogP contribution in [0.2, 0.25) is 0 Å². The van der Waals surface area contributed by atoms with Crippen LogP contribution in [-0.2, 0) is 30.9 Å². The summed E-state index contributed by atoms with van der Waals surface area (Å²) in [4.78, 5) is 11.2. The van der Waals surface area contributed by atoms with Crippen LogP contribution in [0.5, 0.6) is 5.75 Å². The van der Waals surface area contributed by atoms with Gasteiger partial charge in [0.1, 0.15) is 12.4 Å². The van der Waals surface area contributed by atoms with Crippen LogP contribution in [0.4, 0.5) is 0 Å². The first kappa shape index (κ1) is 21.2. The smallest absolute Gasteiger partial charge is 0.307 e. The van der Waals surface area contributed by atoms with Crippen LogP contribution < -0.4 is 10.5 Å². The van der Waals surface area contributed by atoms with Gasteiger partial charge in [0.25, 0.3) is 0 Å². The van der Waals surface area contributed by atoms with Gasteiger partial charge in [-0.3, -0.25) is 9.48 Å². The van der Waals surface area contributed by atoms with Crippen molar-refractivity contribution in [2.24, 2.45) is 11.7 Å². The number of benzene rings is 3. The van der Waals surface area contributed by atoms with Crippen LogP contribution in [0.1, 0.15) is 29.5 Å². The lowest BCUT2D eigenvalue weighted by atomic mass is 9.97. The minimum atomic E-state index is -0.876. The normalized spacial score (nSPS) is 13.4. The van der Waals surface area contributed by atoms with E-state index in [1.807, 2.05) is 36.5 Å². The molecule has 0 bridgehead atoms. The quantitative estimate of drug-likeness (QED) is 0.390. The second kappa shape index (κ2) is 9.08. The zero-order valence-electron chi connectivity index (χ0n) is 18.4. The van der Waals surface area contributed by atoms with Gasteiger partial charge in [-0.15, -0.1) is 0 Å². The second-order valence-electron chi connectivity index (χ2n) is 8.72. The molecule has 168 valence electrons. The number of rotatable bonds is 9. The Labute approximate surface area is 192 Å². The SMILES string of the molecule is NCc1cccc(-c2cc(COc3ccccc3CC(=O)O)cc3c2cnn3CC2CC2)c1. The molecule has 0 atom stereocenters. The predicted octanol–water partition coefficient (Wildman–Crippen LogP) is 4.78. The number of hydrogen-bond acceptors (Lipinski definition) is 4. The van der Waals surface area contributed by atoms with Gasteiger partial charge in [0.15, 0.2) is 0 Å². The lowest BCUT2D eigenvalue weighted by Gasteiger charge is -2.13. The van der Waals surface area contributed by atoms with Gasteiger partial charge in [-0.25, -0.2) is 0 Å². The molecular formula is C27H27N3O3. The Hall–Kier alpha value is -3.64. The largest absolute Gasteiger partial charge is 0.489 e. The molecule has 33 heavy (non-hydrogen) atoms. The number of aliphatic carboxylic acids is 1. The standard InChI is InChI=1S/C27H27N3O3/c28-14-19-4-3-6-21(10-19)23-11-20(12-25-24(23)15-29-30(25)16-18-8-9-18)17-33-26-7-2-1-5-22(26)13-27(31)32/h1-7,10-12,15,18H,8-9,13-14,16-17,28H2,(H,31,32). The van der Waals surface area contributed by atoms with Gasteiger partial charge in [0, 0.05) is 24.0 Å². The van der Waals surface area contributed by atoms with E-state index in [2.05, 4.69) is 28.9 Å². The van der Waals surface area contributed by atoms with Crippen LogP contribution >= 0.6 is 0 Å². The minimum Gasteiger partial charge on any atom is -0.489 e. The van der Waals surface area contributed by atoms with E-state index in [1.54, 1.807) is 6.07 Å². The van der Waals surface area contributed by atoms with Gasteiger partial charge in [0.2, 0.25) is 0 Å². The number of carbonyl (C=O) groups is 1. The third-order valence-electron chi connectivity index (χ3n) is 6.13. The van der Waals surface area contributed by atoms with Crippen molar-refractivity contribution >= 4 is 16.9 Å².